The molecule has 2 saturated heterocycles. The first-order chi connectivity index (χ1) is 13.2. The maximum absolute atomic E-state index is 13.5. The molecule has 5 rings (SSSR count). The van der Waals surface area contributed by atoms with Crippen molar-refractivity contribution in [2.24, 2.45) is 11.8 Å². The van der Waals surface area contributed by atoms with Crippen LogP contribution in [0.3, 0.4) is 0 Å². The van der Waals surface area contributed by atoms with Crippen molar-refractivity contribution in [3.63, 3.8) is 0 Å². The number of ether oxygens (including phenoxy) is 1. The van der Waals surface area contributed by atoms with Gasteiger partial charge in [0, 0.05) is 24.7 Å². The van der Waals surface area contributed by atoms with Crippen molar-refractivity contribution < 1.29 is 9.13 Å². The zero-order chi connectivity index (χ0) is 18.4. The average Bonchev–Trinajstić information content (AvgIpc) is 3.14. The second-order valence-corrected chi connectivity index (χ2v) is 8.31. The number of nitrogens with one attached hydrogen (secondary N) is 1. The van der Waals surface area contributed by atoms with E-state index in [-0.39, 0.29) is 5.82 Å². The molecule has 2 aliphatic heterocycles. The van der Waals surface area contributed by atoms with Crippen LogP contribution < -0.4 is 5.32 Å². The summed E-state index contributed by atoms with van der Waals surface area (Å²) in [6.07, 6.45) is 2.35. The number of likely N-dealkylation sites (tertiary alicyclic amines) is 1. The highest BCUT2D eigenvalue weighted by atomic mass is 35.5. The van der Waals surface area contributed by atoms with Gasteiger partial charge in [0.2, 0.25) is 0 Å². The molecule has 0 radical (unpaired) electrons. The zero-order valence-corrected chi connectivity index (χ0v) is 15.7. The molecule has 1 aromatic heterocycles. The number of rotatable bonds is 4. The number of hydrogen-bond donors (Lipinski definition) is 1. The Kier molecular flexibility index (Phi) is 4.50. The number of aromatic nitrogens is 2. The van der Waals surface area contributed by atoms with Crippen LogP contribution in [-0.4, -0.2) is 53.5 Å². The number of anilines is 1. The molecule has 0 spiro atoms. The van der Waals surface area contributed by atoms with E-state index in [2.05, 4.69) is 20.4 Å². The highest BCUT2D eigenvalue weighted by Gasteiger charge is 2.43. The summed E-state index contributed by atoms with van der Waals surface area (Å²) in [5.41, 5.74) is 1.14. The molecular formula is C20H22ClFN4O. The normalized spacial score (nSPS) is 28.1. The molecule has 1 N–H and O–H groups in total. The third-order valence-electron chi connectivity index (χ3n) is 6.14. The van der Waals surface area contributed by atoms with E-state index in [0.29, 0.717) is 28.4 Å². The van der Waals surface area contributed by atoms with E-state index in [9.17, 15) is 4.39 Å². The van der Waals surface area contributed by atoms with Crippen molar-refractivity contribution in [3.8, 4) is 11.3 Å². The topological polar surface area (TPSA) is 50.3 Å². The van der Waals surface area contributed by atoms with Crippen LogP contribution in [-0.2, 0) is 4.74 Å². The number of fused-ring (bicyclic) bond motifs is 1. The molecule has 3 aliphatic rings. The number of hydrogen-bond acceptors (Lipinski definition) is 5. The molecule has 1 saturated carbocycles. The summed E-state index contributed by atoms with van der Waals surface area (Å²) < 4.78 is 18.8. The van der Waals surface area contributed by atoms with Crippen molar-refractivity contribution >= 4 is 17.4 Å². The molecule has 2 aromatic rings. The van der Waals surface area contributed by atoms with E-state index >= 15 is 0 Å². The Morgan fingerprint density at radius 2 is 1.85 bits per heavy atom. The second-order valence-electron chi connectivity index (χ2n) is 7.91. The van der Waals surface area contributed by atoms with Crippen molar-refractivity contribution in [2.45, 2.75) is 24.9 Å². The van der Waals surface area contributed by atoms with E-state index in [0.717, 1.165) is 30.9 Å². The lowest BCUT2D eigenvalue weighted by molar-refractivity contribution is -0.0594. The fraction of sp³-hybridized carbons (Fsp3) is 0.500. The third kappa shape index (κ3) is 3.42. The zero-order valence-electron chi connectivity index (χ0n) is 14.9. The Hall–Kier alpha value is -1.76. The first kappa shape index (κ1) is 17.3. The quantitative estimate of drug-likeness (QED) is 0.869. The molecule has 0 bridgehead atoms. The first-order valence-electron chi connectivity index (χ1n) is 9.53. The van der Waals surface area contributed by atoms with Crippen molar-refractivity contribution in [2.75, 3.05) is 31.6 Å². The van der Waals surface area contributed by atoms with E-state index in [4.69, 9.17) is 16.3 Å². The summed E-state index contributed by atoms with van der Waals surface area (Å²) in [6, 6.07) is 9.09. The van der Waals surface area contributed by atoms with Crippen LogP contribution in [0, 0.1) is 17.7 Å². The summed E-state index contributed by atoms with van der Waals surface area (Å²) in [6.45, 7) is 4.19. The van der Waals surface area contributed by atoms with Gasteiger partial charge in [-0.1, -0.05) is 11.6 Å². The van der Waals surface area contributed by atoms with Crippen molar-refractivity contribution in [1.82, 2.24) is 15.1 Å². The highest BCUT2D eigenvalue weighted by molar-refractivity contribution is 6.33. The van der Waals surface area contributed by atoms with Crippen LogP contribution in [0.4, 0.5) is 10.2 Å². The lowest BCUT2D eigenvalue weighted by atomic mass is 10.0. The van der Waals surface area contributed by atoms with Gasteiger partial charge in [0.25, 0.3) is 0 Å². The summed E-state index contributed by atoms with van der Waals surface area (Å²) in [5, 5.41) is 12.5. The van der Waals surface area contributed by atoms with Crippen LogP contribution in [0.1, 0.15) is 12.8 Å². The summed E-state index contributed by atoms with van der Waals surface area (Å²) >= 11 is 6.15. The predicted molar refractivity (Wildman–Crippen MR) is 102 cm³/mol. The maximum atomic E-state index is 13.5. The highest BCUT2D eigenvalue weighted by Crippen LogP contribution is 2.40. The van der Waals surface area contributed by atoms with E-state index in [1.807, 2.05) is 12.1 Å². The van der Waals surface area contributed by atoms with Gasteiger partial charge in [-0.3, -0.25) is 4.90 Å². The fourth-order valence-electron chi connectivity index (χ4n) is 4.64. The van der Waals surface area contributed by atoms with Crippen LogP contribution in [0.15, 0.2) is 30.3 Å². The van der Waals surface area contributed by atoms with Crippen LogP contribution in [0.2, 0.25) is 5.02 Å². The Morgan fingerprint density at radius 3 is 2.48 bits per heavy atom. The maximum Gasteiger partial charge on any atom is 0.148 e. The predicted octanol–water partition coefficient (Wildman–Crippen LogP) is 3.46. The molecule has 7 heteroatoms. The molecular weight excluding hydrogens is 367 g/mol. The van der Waals surface area contributed by atoms with Crippen LogP contribution in [0.25, 0.3) is 11.3 Å². The van der Waals surface area contributed by atoms with Gasteiger partial charge < -0.3 is 10.1 Å². The van der Waals surface area contributed by atoms with Crippen molar-refractivity contribution in [1.29, 1.82) is 0 Å². The Balaban J connectivity index is 1.21. The molecule has 3 atom stereocenters. The SMILES string of the molecule is Fc1ccc(Cl)c(-c2ccc(NC3CC4CN(C5COC5)C[C@H]4C3)nn2)c1. The minimum atomic E-state index is -0.335. The Bertz CT molecular complexity index is 815. The molecule has 5 nitrogen and oxygen atoms in total. The molecule has 0 amide bonds. The number of halogens is 2. The van der Waals surface area contributed by atoms with Crippen LogP contribution >= 0.6 is 11.6 Å². The van der Waals surface area contributed by atoms with E-state index < -0.39 is 0 Å². The van der Waals surface area contributed by atoms with Gasteiger partial charge in [-0.05, 0) is 55.0 Å². The minimum Gasteiger partial charge on any atom is -0.378 e. The van der Waals surface area contributed by atoms with Crippen LogP contribution in [0.5, 0.6) is 0 Å². The molecule has 142 valence electrons. The van der Waals surface area contributed by atoms with E-state index in [1.165, 1.54) is 44.1 Å². The standard InChI is InChI=1S/C20H22ClFN4O/c21-18-2-1-14(22)7-17(18)19-3-4-20(25-24-19)23-15-5-12-8-26(9-13(12)6-15)16-10-27-11-16/h1-4,7,12-13,15-16H,5-6,8-11H2,(H,23,25)/t12-,13?,15?/m1/s1. The molecule has 27 heavy (non-hydrogen) atoms. The average molecular weight is 389 g/mol. The van der Waals surface area contributed by atoms with Gasteiger partial charge in [-0.15, -0.1) is 10.2 Å². The summed E-state index contributed by atoms with van der Waals surface area (Å²) in [5.74, 6) is 1.96. The van der Waals surface area contributed by atoms with Gasteiger partial charge in [0.1, 0.15) is 11.6 Å². The third-order valence-corrected chi connectivity index (χ3v) is 6.47. The smallest absolute Gasteiger partial charge is 0.148 e. The summed E-state index contributed by atoms with van der Waals surface area (Å²) in [4.78, 5) is 2.60. The van der Waals surface area contributed by atoms with Gasteiger partial charge in [-0.25, -0.2) is 4.39 Å². The number of benzene rings is 1. The van der Waals surface area contributed by atoms with Gasteiger partial charge in [0.05, 0.1) is 30.0 Å². The number of nitrogens with zero attached hydrogens (tertiary/aromatic N) is 3. The molecule has 3 fully saturated rings. The largest absolute Gasteiger partial charge is 0.378 e. The molecule has 1 aliphatic carbocycles. The molecule has 3 heterocycles. The van der Waals surface area contributed by atoms with Gasteiger partial charge >= 0.3 is 0 Å². The lowest BCUT2D eigenvalue weighted by Crippen LogP contribution is -2.48. The molecule has 1 aromatic carbocycles. The van der Waals surface area contributed by atoms with E-state index in [1.54, 1.807) is 0 Å². The van der Waals surface area contributed by atoms with Crippen molar-refractivity contribution in [3.05, 3.63) is 41.2 Å². The summed E-state index contributed by atoms with van der Waals surface area (Å²) in [7, 11) is 0. The lowest BCUT2D eigenvalue weighted by Gasteiger charge is -2.35. The second kappa shape index (κ2) is 7.00. The fourth-order valence-corrected chi connectivity index (χ4v) is 4.86. The van der Waals surface area contributed by atoms with Gasteiger partial charge in [-0.2, -0.15) is 0 Å². The Morgan fingerprint density at radius 1 is 1.07 bits per heavy atom. The molecule has 2 unspecified atom stereocenters. The Labute approximate surface area is 162 Å². The first-order valence-corrected chi connectivity index (χ1v) is 9.91. The minimum absolute atomic E-state index is 0.335. The monoisotopic (exact) mass is 388 g/mol. The van der Waals surface area contributed by atoms with Gasteiger partial charge in [0.15, 0.2) is 0 Å².